The smallest absolute Gasteiger partial charge is 0.243 e. The average Bonchev–Trinajstić information content (AvgIpc) is 2.38. The van der Waals surface area contributed by atoms with Gasteiger partial charge >= 0.3 is 0 Å². The summed E-state index contributed by atoms with van der Waals surface area (Å²) in [6.45, 7) is 6.09. The van der Waals surface area contributed by atoms with E-state index in [-0.39, 0.29) is 16.7 Å². The molecule has 1 aliphatic rings. The Balaban J connectivity index is 2.35. The molecule has 5 heteroatoms. The van der Waals surface area contributed by atoms with Crippen LogP contribution in [0.2, 0.25) is 0 Å². The molecule has 0 radical (unpaired) electrons. The second kappa shape index (κ2) is 5.66. The van der Waals surface area contributed by atoms with Crippen molar-refractivity contribution in [2.45, 2.75) is 44.6 Å². The summed E-state index contributed by atoms with van der Waals surface area (Å²) in [6, 6.07) is 6.31. The number of carbonyl (C=O) groups excluding carboxylic acids is 1. The zero-order valence-corrected chi connectivity index (χ0v) is 13.0. The largest absolute Gasteiger partial charge is 0.295 e. The average molecular weight is 295 g/mol. The zero-order chi connectivity index (χ0) is 14.9. The van der Waals surface area contributed by atoms with E-state index in [1.807, 2.05) is 6.92 Å². The van der Waals surface area contributed by atoms with Gasteiger partial charge in [0.15, 0.2) is 5.78 Å². The van der Waals surface area contributed by atoms with E-state index in [4.69, 9.17) is 0 Å². The number of piperidine rings is 1. The van der Waals surface area contributed by atoms with Gasteiger partial charge in [-0.25, -0.2) is 8.42 Å². The first kappa shape index (κ1) is 15.2. The minimum Gasteiger partial charge on any atom is -0.295 e. The number of sulfonamides is 1. The molecule has 1 aliphatic heterocycles. The van der Waals surface area contributed by atoms with E-state index in [1.165, 1.54) is 13.0 Å². The molecule has 1 saturated heterocycles. The lowest BCUT2D eigenvalue weighted by Crippen LogP contribution is -2.44. The van der Waals surface area contributed by atoms with Crippen LogP contribution in [0.25, 0.3) is 0 Å². The highest BCUT2D eigenvalue weighted by Gasteiger charge is 2.33. The maximum Gasteiger partial charge on any atom is 0.243 e. The maximum atomic E-state index is 12.7. The van der Waals surface area contributed by atoms with Gasteiger partial charge in [0.05, 0.1) is 4.90 Å². The van der Waals surface area contributed by atoms with Crippen LogP contribution in [-0.4, -0.2) is 31.1 Å². The minimum absolute atomic E-state index is 0.00438. The molecule has 0 aliphatic carbocycles. The summed E-state index contributed by atoms with van der Waals surface area (Å²) in [5.41, 5.74) is 0.434. The molecular weight excluding hydrogens is 274 g/mol. The number of carbonyl (C=O) groups is 1. The Labute approximate surface area is 120 Å². The predicted molar refractivity (Wildman–Crippen MR) is 78.2 cm³/mol. The molecule has 1 aromatic rings. The van der Waals surface area contributed by atoms with Crippen LogP contribution in [0.3, 0.4) is 0 Å². The van der Waals surface area contributed by atoms with Crippen molar-refractivity contribution in [3.8, 4) is 0 Å². The first-order chi connectivity index (χ1) is 9.32. The summed E-state index contributed by atoms with van der Waals surface area (Å²) in [7, 11) is -3.51. The Morgan fingerprint density at radius 2 is 2.00 bits per heavy atom. The van der Waals surface area contributed by atoms with Crippen molar-refractivity contribution in [2.75, 3.05) is 6.54 Å². The van der Waals surface area contributed by atoms with Crippen molar-refractivity contribution >= 4 is 15.8 Å². The first-order valence-electron chi connectivity index (χ1n) is 6.95. The molecule has 0 bridgehead atoms. The van der Waals surface area contributed by atoms with Crippen molar-refractivity contribution in [3.63, 3.8) is 0 Å². The van der Waals surface area contributed by atoms with Crippen molar-refractivity contribution in [3.05, 3.63) is 29.8 Å². The van der Waals surface area contributed by atoms with E-state index in [2.05, 4.69) is 6.92 Å². The standard InChI is InChI=1S/C15H21NO3S/c1-11-7-8-16(12(2)9-11)20(18,19)15-6-4-5-14(10-15)13(3)17/h4-6,10-12H,7-9H2,1-3H3. The van der Waals surface area contributed by atoms with Gasteiger partial charge in [-0.1, -0.05) is 19.1 Å². The molecule has 1 aromatic carbocycles. The molecule has 0 spiro atoms. The van der Waals surface area contributed by atoms with Gasteiger partial charge in [0.2, 0.25) is 10.0 Å². The fourth-order valence-electron chi connectivity index (χ4n) is 2.75. The van der Waals surface area contributed by atoms with Gasteiger partial charge in [-0.05, 0) is 44.7 Å². The summed E-state index contributed by atoms with van der Waals surface area (Å²) >= 11 is 0. The zero-order valence-electron chi connectivity index (χ0n) is 12.2. The molecule has 4 nitrogen and oxygen atoms in total. The summed E-state index contributed by atoms with van der Waals surface area (Å²) < 4.78 is 26.9. The summed E-state index contributed by atoms with van der Waals surface area (Å²) in [5, 5.41) is 0. The van der Waals surface area contributed by atoms with Crippen LogP contribution in [0.5, 0.6) is 0 Å². The van der Waals surface area contributed by atoms with Crippen LogP contribution in [0, 0.1) is 5.92 Å². The number of rotatable bonds is 3. The van der Waals surface area contributed by atoms with Gasteiger partial charge in [0.1, 0.15) is 0 Å². The number of hydrogen-bond donors (Lipinski definition) is 0. The van der Waals surface area contributed by atoms with E-state index >= 15 is 0 Å². The van der Waals surface area contributed by atoms with Crippen LogP contribution >= 0.6 is 0 Å². The van der Waals surface area contributed by atoms with Gasteiger partial charge in [-0.2, -0.15) is 4.31 Å². The van der Waals surface area contributed by atoms with Gasteiger partial charge in [-0.3, -0.25) is 4.79 Å². The summed E-state index contributed by atoms with van der Waals surface area (Å²) in [6.07, 6.45) is 1.77. The highest BCUT2D eigenvalue weighted by Crippen LogP contribution is 2.28. The topological polar surface area (TPSA) is 54.5 Å². The molecule has 0 aromatic heterocycles. The molecule has 110 valence electrons. The second-order valence-electron chi connectivity index (χ2n) is 5.68. The second-order valence-corrected chi connectivity index (χ2v) is 7.57. The maximum absolute atomic E-state index is 12.7. The van der Waals surface area contributed by atoms with E-state index in [9.17, 15) is 13.2 Å². The van der Waals surface area contributed by atoms with Crippen LogP contribution < -0.4 is 0 Å². The molecule has 2 atom stereocenters. The first-order valence-corrected chi connectivity index (χ1v) is 8.39. The number of benzene rings is 1. The number of ketones is 1. The van der Waals surface area contributed by atoms with Crippen LogP contribution in [0.1, 0.15) is 44.0 Å². The Morgan fingerprint density at radius 3 is 2.60 bits per heavy atom. The molecule has 2 unspecified atom stereocenters. The Morgan fingerprint density at radius 1 is 1.30 bits per heavy atom. The summed E-state index contributed by atoms with van der Waals surface area (Å²) in [4.78, 5) is 11.6. The molecule has 1 heterocycles. The van der Waals surface area contributed by atoms with Gasteiger partial charge < -0.3 is 0 Å². The van der Waals surface area contributed by atoms with Gasteiger partial charge in [0, 0.05) is 18.2 Å². The molecule has 0 amide bonds. The predicted octanol–water partition coefficient (Wildman–Crippen LogP) is 2.70. The molecule has 1 fully saturated rings. The fourth-order valence-corrected chi connectivity index (χ4v) is 4.46. The van der Waals surface area contributed by atoms with E-state index in [0.29, 0.717) is 18.0 Å². The third-order valence-corrected chi connectivity index (χ3v) is 5.93. The fraction of sp³-hybridized carbons (Fsp3) is 0.533. The van der Waals surface area contributed by atoms with Crippen molar-refractivity contribution in [1.29, 1.82) is 0 Å². The summed E-state index contributed by atoms with van der Waals surface area (Å²) in [5.74, 6) is 0.433. The SMILES string of the molecule is CC(=O)c1cccc(S(=O)(=O)N2CCC(C)CC2C)c1. The minimum atomic E-state index is -3.51. The van der Waals surface area contributed by atoms with Crippen LogP contribution in [0.4, 0.5) is 0 Å². The third-order valence-electron chi connectivity index (χ3n) is 3.92. The van der Waals surface area contributed by atoms with Gasteiger partial charge in [0.25, 0.3) is 0 Å². The van der Waals surface area contributed by atoms with E-state index < -0.39 is 10.0 Å². The Hall–Kier alpha value is -1.20. The number of hydrogen-bond acceptors (Lipinski definition) is 3. The lowest BCUT2D eigenvalue weighted by Gasteiger charge is -2.35. The molecule has 2 rings (SSSR count). The Bertz CT molecular complexity index is 609. The Kier molecular flexibility index (Phi) is 4.30. The lowest BCUT2D eigenvalue weighted by atomic mass is 9.95. The van der Waals surface area contributed by atoms with Gasteiger partial charge in [-0.15, -0.1) is 0 Å². The van der Waals surface area contributed by atoms with E-state index in [0.717, 1.165) is 12.8 Å². The highest BCUT2D eigenvalue weighted by molar-refractivity contribution is 7.89. The monoisotopic (exact) mass is 295 g/mol. The van der Waals surface area contributed by atoms with Crippen molar-refractivity contribution in [1.82, 2.24) is 4.31 Å². The molecular formula is C15H21NO3S. The molecule has 20 heavy (non-hydrogen) atoms. The number of Topliss-reactive ketones (excluding diaryl/α,β-unsaturated/α-hetero) is 1. The van der Waals surface area contributed by atoms with Crippen LogP contribution in [0.15, 0.2) is 29.2 Å². The molecule has 0 saturated carbocycles. The molecule has 0 N–H and O–H groups in total. The van der Waals surface area contributed by atoms with E-state index in [1.54, 1.807) is 22.5 Å². The quantitative estimate of drug-likeness (QED) is 0.806. The third kappa shape index (κ3) is 2.94. The highest BCUT2D eigenvalue weighted by atomic mass is 32.2. The van der Waals surface area contributed by atoms with Crippen LogP contribution in [-0.2, 0) is 10.0 Å². The van der Waals surface area contributed by atoms with Crippen molar-refractivity contribution in [2.24, 2.45) is 5.92 Å². The lowest BCUT2D eigenvalue weighted by molar-refractivity contribution is 0.101. The normalized spacial score (nSPS) is 24.6. The van der Waals surface area contributed by atoms with Crippen molar-refractivity contribution < 1.29 is 13.2 Å². The number of nitrogens with zero attached hydrogens (tertiary/aromatic N) is 1.